The van der Waals surface area contributed by atoms with Gasteiger partial charge >= 0.3 is 5.97 Å². The number of pyridine rings is 1. The van der Waals surface area contributed by atoms with Crippen molar-refractivity contribution < 1.29 is 14.6 Å². The number of benzene rings is 1. The van der Waals surface area contributed by atoms with Crippen molar-refractivity contribution in [1.82, 2.24) is 4.98 Å². The lowest BCUT2D eigenvalue weighted by molar-refractivity contribution is 0.0696. The van der Waals surface area contributed by atoms with Gasteiger partial charge in [-0.05, 0) is 47.1 Å². The van der Waals surface area contributed by atoms with Crippen LogP contribution in [-0.4, -0.2) is 16.1 Å². The molecule has 0 saturated carbocycles. The standard InChI is InChI=1S/C14H9BrN2O3/c1-8-4-9(7-16)5-13(17-8)20-12-6-10(14(18)19)2-3-11(12)15/h2-6H,1H3,(H,18,19). The number of carboxylic acids is 1. The number of aryl methyl sites for hydroxylation is 1. The fourth-order valence-electron chi connectivity index (χ4n) is 1.58. The predicted molar refractivity (Wildman–Crippen MR) is 74.9 cm³/mol. The number of aromatic carboxylic acids is 1. The number of ether oxygens (including phenoxy) is 1. The maximum atomic E-state index is 10.9. The van der Waals surface area contributed by atoms with Crippen molar-refractivity contribution in [3.8, 4) is 17.7 Å². The number of rotatable bonds is 3. The van der Waals surface area contributed by atoms with Crippen molar-refractivity contribution in [3.05, 3.63) is 51.6 Å². The minimum absolute atomic E-state index is 0.108. The van der Waals surface area contributed by atoms with Gasteiger partial charge in [-0.25, -0.2) is 9.78 Å². The van der Waals surface area contributed by atoms with Crippen LogP contribution in [0.3, 0.4) is 0 Å². The van der Waals surface area contributed by atoms with Gasteiger partial charge in [0.1, 0.15) is 5.75 Å². The Kier molecular flexibility index (Phi) is 4.01. The zero-order valence-electron chi connectivity index (χ0n) is 10.4. The molecule has 100 valence electrons. The first-order valence-corrected chi connectivity index (χ1v) is 6.38. The first-order valence-electron chi connectivity index (χ1n) is 5.59. The number of nitriles is 1. The van der Waals surface area contributed by atoms with Crippen LogP contribution in [0.5, 0.6) is 11.6 Å². The van der Waals surface area contributed by atoms with E-state index in [0.29, 0.717) is 21.5 Å². The van der Waals surface area contributed by atoms with E-state index in [1.807, 2.05) is 6.07 Å². The molecule has 1 aromatic heterocycles. The summed E-state index contributed by atoms with van der Waals surface area (Å²) in [7, 11) is 0. The highest BCUT2D eigenvalue weighted by atomic mass is 79.9. The van der Waals surface area contributed by atoms with Gasteiger partial charge in [-0.2, -0.15) is 5.26 Å². The molecule has 0 fully saturated rings. The molecule has 0 aliphatic carbocycles. The number of carboxylic acid groups (broad SMARTS) is 1. The van der Waals surface area contributed by atoms with Crippen molar-refractivity contribution in [2.45, 2.75) is 6.92 Å². The first kappa shape index (κ1) is 14.0. The number of aromatic nitrogens is 1. The molecule has 1 N–H and O–H groups in total. The minimum atomic E-state index is -1.04. The molecule has 0 bridgehead atoms. The molecule has 0 saturated heterocycles. The summed E-state index contributed by atoms with van der Waals surface area (Å²) in [5, 5.41) is 17.9. The molecule has 0 aliphatic heterocycles. The van der Waals surface area contributed by atoms with Gasteiger partial charge in [0.2, 0.25) is 5.88 Å². The quantitative estimate of drug-likeness (QED) is 0.929. The first-order chi connectivity index (χ1) is 9.49. The Morgan fingerprint density at radius 2 is 2.15 bits per heavy atom. The third kappa shape index (κ3) is 3.13. The molecule has 0 spiro atoms. The molecule has 0 atom stereocenters. The van der Waals surface area contributed by atoms with Crippen LogP contribution in [0.25, 0.3) is 0 Å². The van der Waals surface area contributed by atoms with Crippen molar-refractivity contribution in [3.63, 3.8) is 0 Å². The van der Waals surface area contributed by atoms with Gasteiger partial charge in [0.25, 0.3) is 0 Å². The summed E-state index contributed by atoms with van der Waals surface area (Å²) in [6, 6.07) is 9.58. The second kappa shape index (κ2) is 5.72. The SMILES string of the molecule is Cc1cc(C#N)cc(Oc2cc(C(=O)O)ccc2Br)n1. The molecule has 0 amide bonds. The highest BCUT2D eigenvalue weighted by Gasteiger charge is 2.10. The van der Waals surface area contributed by atoms with E-state index in [-0.39, 0.29) is 11.4 Å². The van der Waals surface area contributed by atoms with Crippen LogP contribution in [-0.2, 0) is 0 Å². The van der Waals surface area contributed by atoms with Gasteiger partial charge in [0, 0.05) is 11.8 Å². The van der Waals surface area contributed by atoms with Gasteiger partial charge in [-0.3, -0.25) is 0 Å². The van der Waals surface area contributed by atoms with Crippen molar-refractivity contribution in [2.24, 2.45) is 0 Å². The van der Waals surface area contributed by atoms with E-state index in [9.17, 15) is 4.79 Å². The van der Waals surface area contributed by atoms with Crippen molar-refractivity contribution in [2.75, 3.05) is 0 Å². The van der Waals surface area contributed by atoms with E-state index in [0.717, 1.165) is 0 Å². The second-order valence-corrected chi connectivity index (χ2v) is 4.85. The topological polar surface area (TPSA) is 83.2 Å². The third-order valence-corrected chi connectivity index (χ3v) is 3.11. The Morgan fingerprint density at radius 3 is 2.80 bits per heavy atom. The van der Waals surface area contributed by atoms with Crippen LogP contribution in [0.4, 0.5) is 0 Å². The summed E-state index contributed by atoms with van der Waals surface area (Å²) in [5.74, 6) is -0.478. The van der Waals surface area contributed by atoms with Crippen molar-refractivity contribution in [1.29, 1.82) is 5.26 Å². The number of hydrogen-bond donors (Lipinski definition) is 1. The van der Waals surface area contributed by atoms with E-state index >= 15 is 0 Å². The highest BCUT2D eigenvalue weighted by Crippen LogP contribution is 2.30. The molecule has 1 aromatic carbocycles. The molecule has 0 aliphatic rings. The molecular weight excluding hydrogens is 324 g/mol. The lowest BCUT2D eigenvalue weighted by Gasteiger charge is -2.08. The molecule has 2 rings (SSSR count). The fraction of sp³-hybridized carbons (Fsp3) is 0.0714. The Bertz CT molecular complexity index is 723. The van der Waals surface area contributed by atoms with Crippen molar-refractivity contribution >= 4 is 21.9 Å². The average Bonchev–Trinajstić information content (AvgIpc) is 2.40. The summed E-state index contributed by atoms with van der Waals surface area (Å²) >= 11 is 3.28. The third-order valence-electron chi connectivity index (χ3n) is 2.45. The summed E-state index contributed by atoms with van der Waals surface area (Å²) < 4.78 is 6.15. The van der Waals surface area contributed by atoms with E-state index < -0.39 is 5.97 Å². The lowest BCUT2D eigenvalue weighted by Crippen LogP contribution is -1.98. The zero-order chi connectivity index (χ0) is 14.7. The predicted octanol–water partition coefficient (Wildman–Crippen LogP) is 3.51. The summed E-state index contributed by atoms with van der Waals surface area (Å²) in [5.41, 5.74) is 1.18. The Labute approximate surface area is 123 Å². The fourth-order valence-corrected chi connectivity index (χ4v) is 1.91. The average molecular weight is 333 g/mol. The molecule has 2 aromatic rings. The van der Waals surface area contributed by atoms with E-state index in [1.54, 1.807) is 19.1 Å². The van der Waals surface area contributed by atoms with E-state index in [4.69, 9.17) is 15.1 Å². The monoisotopic (exact) mass is 332 g/mol. The maximum Gasteiger partial charge on any atom is 0.335 e. The summed E-state index contributed by atoms with van der Waals surface area (Å²) in [4.78, 5) is 15.1. The van der Waals surface area contributed by atoms with Crippen LogP contribution in [0.1, 0.15) is 21.6 Å². The Morgan fingerprint density at radius 1 is 1.40 bits per heavy atom. The molecule has 20 heavy (non-hydrogen) atoms. The number of hydrogen-bond acceptors (Lipinski definition) is 4. The van der Waals surface area contributed by atoms with Gasteiger partial charge in [0.05, 0.1) is 21.7 Å². The molecule has 0 unspecified atom stereocenters. The summed E-state index contributed by atoms with van der Waals surface area (Å²) in [6.07, 6.45) is 0. The van der Waals surface area contributed by atoms with Crippen LogP contribution in [0.15, 0.2) is 34.8 Å². The molecule has 1 heterocycles. The number of carbonyl (C=O) groups is 1. The van der Waals surface area contributed by atoms with Crippen LogP contribution >= 0.6 is 15.9 Å². The highest BCUT2D eigenvalue weighted by molar-refractivity contribution is 9.10. The molecule has 6 heteroatoms. The van der Waals surface area contributed by atoms with Gasteiger partial charge in [0.15, 0.2) is 0 Å². The van der Waals surface area contributed by atoms with Gasteiger partial charge < -0.3 is 9.84 Å². The Balaban J connectivity index is 2.39. The van der Waals surface area contributed by atoms with Crippen LogP contribution in [0, 0.1) is 18.3 Å². The maximum absolute atomic E-state index is 10.9. The second-order valence-electron chi connectivity index (χ2n) is 4.00. The Hall–Kier alpha value is -2.39. The van der Waals surface area contributed by atoms with E-state index in [1.165, 1.54) is 18.2 Å². The summed E-state index contributed by atoms with van der Waals surface area (Å²) in [6.45, 7) is 1.75. The van der Waals surface area contributed by atoms with Gasteiger partial charge in [-0.15, -0.1) is 0 Å². The van der Waals surface area contributed by atoms with E-state index in [2.05, 4.69) is 20.9 Å². The number of nitrogens with zero attached hydrogens (tertiary/aromatic N) is 2. The molecular formula is C14H9BrN2O3. The lowest BCUT2D eigenvalue weighted by atomic mass is 10.2. The van der Waals surface area contributed by atoms with Gasteiger partial charge in [-0.1, -0.05) is 0 Å². The molecule has 5 nitrogen and oxygen atoms in total. The van der Waals surface area contributed by atoms with Crippen LogP contribution in [0.2, 0.25) is 0 Å². The minimum Gasteiger partial charge on any atom is -0.478 e. The number of halogens is 1. The largest absolute Gasteiger partial charge is 0.478 e. The van der Waals surface area contributed by atoms with Crippen LogP contribution < -0.4 is 4.74 Å². The molecule has 0 radical (unpaired) electrons. The normalized spacial score (nSPS) is 9.85. The zero-order valence-corrected chi connectivity index (χ0v) is 12.0. The smallest absolute Gasteiger partial charge is 0.335 e.